The summed E-state index contributed by atoms with van der Waals surface area (Å²) in [6.07, 6.45) is 9.30. The van der Waals surface area contributed by atoms with Crippen LogP contribution in [0.25, 0.3) is 0 Å². The number of imidazole rings is 1. The van der Waals surface area contributed by atoms with Gasteiger partial charge in [-0.3, -0.25) is 4.90 Å². The molecule has 116 valence electrons. The van der Waals surface area contributed by atoms with E-state index in [4.69, 9.17) is 0 Å². The van der Waals surface area contributed by atoms with Gasteiger partial charge in [0.1, 0.15) is 0 Å². The molecule has 2 fully saturated rings. The zero-order valence-corrected chi connectivity index (χ0v) is 13.4. The summed E-state index contributed by atoms with van der Waals surface area (Å²) in [4.78, 5) is 7.00. The van der Waals surface area contributed by atoms with Crippen LogP contribution in [0.1, 0.15) is 49.9 Å². The van der Waals surface area contributed by atoms with E-state index in [1.54, 1.807) is 0 Å². The van der Waals surface area contributed by atoms with Gasteiger partial charge in [-0.05, 0) is 37.8 Å². The molecule has 1 aliphatic carbocycles. The summed E-state index contributed by atoms with van der Waals surface area (Å²) in [7, 11) is 0. The Hall–Kier alpha value is -1.61. The van der Waals surface area contributed by atoms with Gasteiger partial charge in [-0.1, -0.05) is 37.3 Å². The summed E-state index contributed by atoms with van der Waals surface area (Å²) >= 11 is 0. The second kappa shape index (κ2) is 5.54. The second-order valence-electron chi connectivity index (χ2n) is 7.26. The Balaban J connectivity index is 1.50. The van der Waals surface area contributed by atoms with E-state index >= 15 is 0 Å². The van der Waals surface area contributed by atoms with Crippen LogP contribution >= 0.6 is 0 Å². The SMILES string of the molecule is C[C@]1(c2ccccc2)CCCN(Cc2cncn2C2CC2)C1. The Labute approximate surface area is 133 Å². The van der Waals surface area contributed by atoms with Crippen molar-refractivity contribution in [2.45, 2.75) is 50.6 Å². The van der Waals surface area contributed by atoms with Crippen LogP contribution in [0.3, 0.4) is 0 Å². The number of likely N-dealkylation sites (tertiary alicyclic amines) is 1. The lowest BCUT2D eigenvalue weighted by Gasteiger charge is -2.41. The molecule has 1 aliphatic heterocycles. The average Bonchev–Trinajstić information content (AvgIpc) is 3.28. The number of hydrogen-bond acceptors (Lipinski definition) is 2. The monoisotopic (exact) mass is 295 g/mol. The number of rotatable bonds is 4. The lowest BCUT2D eigenvalue weighted by Crippen LogP contribution is -2.44. The fourth-order valence-electron chi connectivity index (χ4n) is 3.92. The van der Waals surface area contributed by atoms with Gasteiger partial charge in [0.05, 0.1) is 12.0 Å². The summed E-state index contributed by atoms with van der Waals surface area (Å²) in [5, 5.41) is 0. The summed E-state index contributed by atoms with van der Waals surface area (Å²) < 4.78 is 2.40. The van der Waals surface area contributed by atoms with Crippen LogP contribution in [-0.4, -0.2) is 27.5 Å². The van der Waals surface area contributed by atoms with Crippen LogP contribution in [0.2, 0.25) is 0 Å². The summed E-state index contributed by atoms with van der Waals surface area (Å²) in [6.45, 7) is 5.82. The molecule has 1 atom stereocenters. The fraction of sp³-hybridized carbons (Fsp3) is 0.526. The summed E-state index contributed by atoms with van der Waals surface area (Å²) in [6, 6.07) is 11.8. The van der Waals surface area contributed by atoms with Crippen molar-refractivity contribution >= 4 is 0 Å². The summed E-state index contributed by atoms with van der Waals surface area (Å²) in [5.74, 6) is 0. The van der Waals surface area contributed by atoms with E-state index in [0.717, 1.165) is 19.1 Å². The van der Waals surface area contributed by atoms with E-state index < -0.39 is 0 Å². The molecule has 2 aromatic rings. The number of piperidine rings is 1. The topological polar surface area (TPSA) is 21.1 Å². The molecule has 0 radical (unpaired) electrons. The molecule has 4 rings (SSSR count). The van der Waals surface area contributed by atoms with Gasteiger partial charge in [0, 0.05) is 30.7 Å². The van der Waals surface area contributed by atoms with Gasteiger partial charge in [-0.25, -0.2) is 4.98 Å². The van der Waals surface area contributed by atoms with Crippen molar-refractivity contribution in [3.8, 4) is 0 Å². The minimum absolute atomic E-state index is 0.282. The van der Waals surface area contributed by atoms with Crippen LogP contribution in [0, 0.1) is 0 Å². The van der Waals surface area contributed by atoms with Crippen LogP contribution in [0.15, 0.2) is 42.9 Å². The standard InChI is InChI=1S/C19H25N3/c1-19(16-6-3-2-4-7-16)10-5-11-21(14-19)13-18-12-20-15-22(18)17-8-9-17/h2-4,6-7,12,15,17H,5,8-11,13-14H2,1H3/t19-/m0/s1. The van der Waals surface area contributed by atoms with E-state index in [1.807, 2.05) is 6.33 Å². The molecule has 0 unspecified atom stereocenters. The number of nitrogens with zero attached hydrogens (tertiary/aromatic N) is 3. The van der Waals surface area contributed by atoms with Crippen molar-refractivity contribution in [1.29, 1.82) is 0 Å². The zero-order valence-electron chi connectivity index (χ0n) is 13.4. The molecule has 0 N–H and O–H groups in total. The number of aromatic nitrogens is 2. The predicted molar refractivity (Wildman–Crippen MR) is 88.8 cm³/mol. The highest BCUT2D eigenvalue weighted by Gasteiger charge is 2.33. The largest absolute Gasteiger partial charge is 0.330 e. The first-order valence-corrected chi connectivity index (χ1v) is 8.53. The minimum atomic E-state index is 0.282. The molecule has 22 heavy (non-hydrogen) atoms. The van der Waals surface area contributed by atoms with Gasteiger partial charge in [0.2, 0.25) is 0 Å². The van der Waals surface area contributed by atoms with Gasteiger partial charge < -0.3 is 4.57 Å². The van der Waals surface area contributed by atoms with Crippen molar-refractivity contribution in [3.63, 3.8) is 0 Å². The molecule has 1 saturated carbocycles. The van der Waals surface area contributed by atoms with Gasteiger partial charge in [0.25, 0.3) is 0 Å². The molecular formula is C19H25N3. The lowest BCUT2D eigenvalue weighted by molar-refractivity contribution is 0.147. The van der Waals surface area contributed by atoms with Crippen molar-refractivity contribution in [3.05, 3.63) is 54.1 Å². The minimum Gasteiger partial charge on any atom is -0.330 e. The number of hydrogen-bond donors (Lipinski definition) is 0. The molecule has 1 aromatic heterocycles. The van der Waals surface area contributed by atoms with Crippen LogP contribution in [0.5, 0.6) is 0 Å². The van der Waals surface area contributed by atoms with Gasteiger partial charge in [-0.2, -0.15) is 0 Å². The third kappa shape index (κ3) is 2.70. The smallest absolute Gasteiger partial charge is 0.0951 e. The highest BCUT2D eigenvalue weighted by Crippen LogP contribution is 2.37. The Morgan fingerprint density at radius 2 is 2.05 bits per heavy atom. The van der Waals surface area contributed by atoms with Crippen molar-refractivity contribution < 1.29 is 0 Å². The van der Waals surface area contributed by atoms with E-state index in [1.165, 1.54) is 43.5 Å². The maximum Gasteiger partial charge on any atom is 0.0951 e. The molecule has 1 aromatic carbocycles. The average molecular weight is 295 g/mol. The van der Waals surface area contributed by atoms with Crippen LogP contribution < -0.4 is 0 Å². The Morgan fingerprint density at radius 3 is 2.82 bits per heavy atom. The first kappa shape index (κ1) is 14.0. The quantitative estimate of drug-likeness (QED) is 0.856. The second-order valence-corrected chi connectivity index (χ2v) is 7.26. The predicted octanol–water partition coefficient (Wildman–Crippen LogP) is 3.77. The van der Waals surface area contributed by atoms with E-state index in [0.29, 0.717) is 0 Å². The molecule has 0 amide bonds. The van der Waals surface area contributed by atoms with Crippen LogP contribution in [-0.2, 0) is 12.0 Å². The van der Waals surface area contributed by atoms with E-state index in [9.17, 15) is 0 Å². The molecule has 0 bridgehead atoms. The Kier molecular flexibility index (Phi) is 3.53. The molecule has 1 saturated heterocycles. The highest BCUT2D eigenvalue weighted by atomic mass is 15.2. The first-order valence-electron chi connectivity index (χ1n) is 8.53. The number of benzene rings is 1. The summed E-state index contributed by atoms with van der Waals surface area (Å²) in [5.41, 5.74) is 3.15. The molecule has 2 heterocycles. The molecule has 3 nitrogen and oxygen atoms in total. The highest BCUT2D eigenvalue weighted by molar-refractivity contribution is 5.25. The zero-order chi connectivity index (χ0) is 15.0. The van der Waals surface area contributed by atoms with E-state index in [2.05, 4.69) is 57.9 Å². The Bertz CT molecular complexity index is 629. The third-order valence-corrected chi connectivity index (χ3v) is 5.32. The molecule has 0 spiro atoms. The molecular weight excluding hydrogens is 270 g/mol. The van der Waals surface area contributed by atoms with Crippen molar-refractivity contribution in [2.24, 2.45) is 0 Å². The molecule has 3 heteroatoms. The maximum atomic E-state index is 4.38. The van der Waals surface area contributed by atoms with Gasteiger partial charge in [0.15, 0.2) is 0 Å². The normalized spacial score (nSPS) is 26.2. The lowest BCUT2D eigenvalue weighted by atomic mass is 9.76. The van der Waals surface area contributed by atoms with E-state index in [-0.39, 0.29) is 5.41 Å². The maximum absolute atomic E-state index is 4.38. The van der Waals surface area contributed by atoms with Gasteiger partial charge in [-0.15, -0.1) is 0 Å². The van der Waals surface area contributed by atoms with Crippen LogP contribution in [0.4, 0.5) is 0 Å². The van der Waals surface area contributed by atoms with Crippen molar-refractivity contribution in [2.75, 3.05) is 13.1 Å². The third-order valence-electron chi connectivity index (χ3n) is 5.32. The Morgan fingerprint density at radius 1 is 1.23 bits per heavy atom. The van der Waals surface area contributed by atoms with Crippen molar-refractivity contribution in [1.82, 2.24) is 14.5 Å². The molecule has 2 aliphatic rings. The first-order chi connectivity index (χ1) is 10.7. The fourth-order valence-corrected chi connectivity index (χ4v) is 3.92. The van der Waals surface area contributed by atoms with Gasteiger partial charge >= 0.3 is 0 Å².